The van der Waals surface area contributed by atoms with E-state index in [2.05, 4.69) is 11.3 Å². The molecule has 0 bridgehead atoms. The lowest BCUT2D eigenvalue weighted by atomic mass is 10.1. The minimum Gasteiger partial charge on any atom is -0.461 e. The third-order valence-corrected chi connectivity index (χ3v) is 1.25. The largest absolute Gasteiger partial charge is 0.461 e. The summed E-state index contributed by atoms with van der Waals surface area (Å²) in [6.45, 7) is 2.67. The van der Waals surface area contributed by atoms with Gasteiger partial charge in [-0.1, -0.05) is 6.58 Å². The molecule has 6 heteroatoms. The minimum absolute atomic E-state index is 0.449. The van der Waals surface area contributed by atoms with Crippen molar-refractivity contribution >= 4 is 17.8 Å². The number of hydrogen-bond acceptors (Lipinski definition) is 4. The first-order valence-corrected chi connectivity index (χ1v) is 3.37. The Kier molecular flexibility index (Phi) is 4.21. The van der Waals surface area contributed by atoms with Crippen LogP contribution in [0.3, 0.4) is 0 Å². The molecule has 0 saturated heterocycles. The van der Waals surface area contributed by atoms with Crippen LogP contribution in [0.25, 0.3) is 0 Å². The Morgan fingerprint density at radius 3 is 2.08 bits per heavy atom. The molecule has 0 aliphatic heterocycles. The molecule has 0 heterocycles. The van der Waals surface area contributed by atoms with Crippen LogP contribution in [0.4, 0.5) is 0 Å². The van der Waals surface area contributed by atoms with Gasteiger partial charge in [0.2, 0.25) is 11.8 Å². The molecular weight excluding hydrogens is 176 g/mol. The Labute approximate surface area is 74.5 Å². The smallest absolute Gasteiger partial charge is 0.330 e. The van der Waals surface area contributed by atoms with Crippen LogP contribution in [0, 0.1) is 5.92 Å². The molecule has 4 N–H and O–H groups in total. The second kappa shape index (κ2) is 4.91. The first-order chi connectivity index (χ1) is 5.99. The zero-order valence-electron chi connectivity index (χ0n) is 6.86. The normalized spacial score (nSPS) is 9.31. The van der Waals surface area contributed by atoms with Gasteiger partial charge in [-0.3, -0.25) is 9.59 Å². The number of carbonyl (C=O) groups excluding carboxylic acids is 3. The van der Waals surface area contributed by atoms with Crippen LogP contribution >= 0.6 is 0 Å². The van der Waals surface area contributed by atoms with Gasteiger partial charge in [0.1, 0.15) is 6.61 Å². The Morgan fingerprint density at radius 2 is 1.77 bits per heavy atom. The molecule has 0 saturated carbocycles. The fourth-order valence-corrected chi connectivity index (χ4v) is 0.529. The van der Waals surface area contributed by atoms with Gasteiger partial charge in [0, 0.05) is 6.08 Å². The Hall–Kier alpha value is -1.85. The maximum Gasteiger partial charge on any atom is 0.330 e. The van der Waals surface area contributed by atoms with Gasteiger partial charge in [0.25, 0.3) is 0 Å². The molecule has 0 aromatic rings. The highest BCUT2D eigenvalue weighted by Gasteiger charge is 2.22. The molecule has 72 valence electrons. The lowest BCUT2D eigenvalue weighted by molar-refractivity contribution is -0.143. The molecule has 13 heavy (non-hydrogen) atoms. The van der Waals surface area contributed by atoms with E-state index in [0.29, 0.717) is 0 Å². The molecule has 2 amide bonds. The molecular formula is C7H10N2O4. The summed E-state index contributed by atoms with van der Waals surface area (Å²) in [6.07, 6.45) is 0.902. The number of hydrogen-bond donors (Lipinski definition) is 2. The molecule has 0 rings (SSSR count). The van der Waals surface area contributed by atoms with Gasteiger partial charge in [-0.2, -0.15) is 0 Å². The quantitative estimate of drug-likeness (QED) is 0.302. The summed E-state index contributed by atoms with van der Waals surface area (Å²) in [4.78, 5) is 31.6. The van der Waals surface area contributed by atoms with E-state index in [4.69, 9.17) is 11.5 Å². The van der Waals surface area contributed by atoms with Crippen LogP contribution in [0.1, 0.15) is 0 Å². The summed E-state index contributed by atoms with van der Waals surface area (Å²) in [5.41, 5.74) is 9.62. The highest BCUT2D eigenvalue weighted by molar-refractivity contribution is 5.99. The van der Waals surface area contributed by atoms with Gasteiger partial charge in [0.05, 0.1) is 0 Å². The van der Waals surface area contributed by atoms with Crippen molar-refractivity contribution in [3.05, 3.63) is 12.7 Å². The van der Waals surface area contributed by atoms with Gasteiger partial charge < -0.3 is 16.2 Å². The number of amides is 2. The first kappa shape index (κ1) is 11.2. The van der Waals surface area contributed by atoms with E-state index in [-0.39, 0.29) is 0 Å². The highest BCUT2D eigenvalue weighted by Crippen LogP contribution is 1.95. The standard InChI is InChI=1S/C7H10N2O4/c1-2-5(10)13-3-4(6(8)11)7(9)12/h2,4H,1,3H2,(H2,8,11)(H2,9,12). The van der Waals surface area contributed by atoms with Crippen LogP contribution in [0.5, 0.6) is 0 Å². The van der Waals surface area contributed by atoms with Crippen molar-refractivity contribution in [2.75, 3.05) is 6.61 Å². The van der Waals surface area contributed by atoms with Crippen molar-refractivity contribution in [1.82, 2.24) is 0 Å². The lowest BCUT2D eigenvalue weighted by Gasteiger charge is -2.08. The van der Waals surface area contributed by atoms with Crippen molar-refractivity contribution < 1.29 is 19.1 Å². The van der Waals surface area contributed by atoms with E-state index >= 15 is 0 Å². The molecule has 0 radical (unpaired) electrons. The second-order valence-corrected chi connectivity index (χ2v) is 2.19. The molecule has 0 unspecified atom stereocenters. The SMILES string of the molecule is C=CC(=O)OCC(C(N)=O)C(N)=O. The molecule has 0 aromatic carbocycles. The summed E-state index contributed by atoms with van der Waals surface area (Å²) < 4.78 is 4.42. The van der Waals surface area contributed by atoms with Gasteiger partial charge in [-0.05, 0) is 0 Å². The molecule has 6 nitrogen and oxygen atoms in total. The predicted molar refractivity (Wildman–Crippen MR) is 43.0 cm³/mol. The summed E-state index contributed by atoms with van der Waals surface area (Å²) in [7, 11) is 0. The molecule has 0 atom stereocenters. The summed E-state index contributed by atoms with van der Waals surface area (Å²) in [6, 6.07) is 0. The maximum atomic E-state index is 10.5. The van der Waals surface area contributed by atoms with E-state index < -0.39 is 30.3 Å². The number of carbonyl (C=O) groups is 3. The van der Waals surface area contributed by atoms with Crippen LogP contribution in [-0.2, 0) is 19.1 Å². The molecule has 0 spiro atoms. The number of esters is 1. The van der Waals surface area contributed by atoms with Crippen LogP contribution in [0.2, 0.25) is 0 Å². The molecule has 0 fully saturated rings. The first-order valence-electron chi connectivity index (χ1n) is 3.37. The summed E-state index contributed by atoms with van der Waals surface area (Å²) in [5.74, 6) is -3.88. The Morgan fingerprint density at radius 1 is 1.31 bits per heavy atom. The monoisotopic (exact) mass is 186 g/mol. The average Bonchev–Trinajstić information content (AvgIpc) is 2.03. The zero-order valence-corrected chi connectivity index (χ0v) is 6.86. The summed E-state index contributed by atoms with van der Waals surface area (Å²) >= 11 is 0. The van der Waals surface area contributed by atoms with Crippen LogP contribution in [-0.4, -0.2) is 24.4 Å². The molecule has 0 aromatic heterocycles. The predicted octanol–water partition coefficient (Wildman–Crippen LogP) is -1.70. The van der Waals surface area contributed by atoms with Crippen molar-refractivity contribution in [2.24, 2.45) is 17.4 Å². The van der Waals surface area contributed by atoms with Crippen molar-refractivity contribution in [2.45, 2.75) is 0 Å². The second-order valence-electron chi connectivity index (χ2n) is 2.19. The third-order valence-electron chi connectivity index (χ3n) is 1.25. The van der Waals surface area contributed by atoms with Crippen molar-refractivity contribution in [3.8, 4) is 0 Å². The number of nitrogens with two attached hydrogens (primary N) is 2. The summed E-state index contributed by atoms with van der Waals surface area (Å²) in [5, 5.41) is 0. The van der Waals surface area contributed by atoms with E-state index in [1.165, 1.54) is 0 Å². The van der Waals surface area contributed by atoms with E-state index in [9.17, 15) is 14.4 Å². The average molecular weight is 186 g/mol. The molecule has 0 aliphatic rings. The van der Waals surface area contributed by atoms with Crippen molar-refractivity contribution in [1.29, 1.82) is 0 Å². The maximum absolute atomic E-state index is 10.5. The Bertz CT molecular complexity index is 235. The minimum atomic E-state index is -1.29. The van der Waals surface area contributed by atoms with Gasteiger partial charge in [-0.15, -0.1) is 0 Å². The fraction of sp³-hybridized carbons (Fsp3) is 0.286. The van der Waals surface area contributed by atoms with E-state index in [1.54, 1.807) is 0 Å². The van der Waals surface area contributed by atoms with Gasteiger partial charge >= 0.3 is 5.97 Å². The Balaban J connectivity index is 4.12. The van der Waals surface area contributed by atoms with Crippen LogP contribution in [0.15, 0.2) is 12.7 Å². The fourth-order valence-electron chi connectivity index (χ4n) is 0.529. The number of primary amides is 2. The molecule has 0 aliphatic carbocycles. The third kappa shape index (κ3) is 3.90. The number of rotatable bonds is 5. The zero-order chi connectivity index (χ0) is 10.4. The van der Waals surface area contributed by atoms with Gasteiger partial charge in [-0.25, -0.2) is 4.79 Å². The van der Waals surface area contributed by atoms with E-state index in [1.807, 2.05) is 0 Å². The lowest BCUT2D eigenvalue weighted by Crippen LogP contribution is -2.38. The van der Waals surface area contributed by atoms with E-state index in [0.717, 1.165) is 6.08 Å². The number of ether oxygens (including phenoxy) is 1. The van der Waals surface area contributed by atoms with Gasteiger partial charge in [0.15, 0.2) is 5.92 Å². The van der Waals surface area contributed by atoms with Crippen molar-refractivity contribution in [3.63, 3.8) is 0 Å². The topological polar surface area (TPSA) is 112 Å². The van der Waals surface area contributed by atoms with Crippen LogP contribution < -0.4 is 11.5 Å². The highest BCUT2D eigenvalue weighted by atomic mass is 16.5.